The van der Waals surface area contributed by atoms with Gasteiger partial charge in [0.05, 0.1) is 12.9 Å². The number of rotatable bonds is 5. The third kappa shape index (κ3) is 4.03. The van der Waals surface area contributed by atoms with E-state index in [4.69, 9.17) is 16.3 Å². The molecule has 0 aliphatic heterocycles. The highest BCUT2D eigenvalue weighted by Crippen LogP contribution is 2.26. The average molecular weight is 341 g/mol. The molecule has 0 radical (unpaired) electrons. The van der Waals surface area contributed by atoms with Crippen LogP contribution in [0.1, 0.15) is 18.6 Å². The van der Waals surface area contributed by atoms with Gasteiger partial charge < -0.3 is 9.30 Å². The Morgan fingerprint density at radius 3 is 2.29 bits per heavy atom. The second-order valence-electron chi connectivity index (χ2n) is 5.49. The van der Waals surface area contributed by atoms with Crippen molar-refractivity contribution in [2.24, 2.45) is 0 Å². The molecule has 3 aromatic rings. The number of halogens is 1. The zero-order chi connectivity index (χ0) is 16.9. The van der Waals surface area contributed by atoms with Gasteiger partial charge in [0.2, 0.25) is 0 Å². The Hall–Kier alpha value is -2.59. The van der Waals surface area contributed by atoms with E-state index in [2.05, 4.69) is 4.98 Å². The Morgan fingerprint density at radius 2 is 1.75 bits per heavy atom. The highest BCUT2D eigenvalue weighted by molar-refractivity contribution is 6.30. The summed E-state index contributed by atoms with van der Waals surface area (Å²) in [6, 6.07) is 15.7. The molecule has 1 aromatic heterocycles. The van der Waals surface area contributed by atoms with Crippen LogP contribution in [0.3, 0.4) is 0 Å². The van der Waals surface area contributed by atoms with Gasteiger partial charge >= 0.3 is 5.97 Å². The molecule has 0 bridgehead atoms. The topological polar surface area (TPSA) is 44.1 Å². The summed E-state index contributed by atoms with van der Waals surface area (Å²) in [4.78, 5) is 15.4. The molecule has 24 heavy (non-hydrogen) atoms. The van der Waals surface area contributed by atoms with Gasteiger partial charge in [-0.05, 0) is 28.8 Å². The van der Waals surface area contributed by atoms with Gasteiger partial charge in [0.15, 0.2) is 0 Å². The van der Waals surface area contributed by atoms with E-state index in [0.717, 1.165) is 16.7 Å². The van der Waals surface area contributed by atoms with Crippen molar-refractivity contribution in [3.8, 4) is 11.1 Å². The van der Waals surface area contributed by atoms with E-state index in [1.54, 1.807) is 12.5 Å². The number of ether oxygens (including phenoxy) is 1. The lowest BCUT2D eigenvalue weighted by Gasteiger charge is -2.18. The number of hydrogen-bond acceptors (Lipinski definition) is 3. The maximum absolute atomic E-state index is 11.4. The summed E-state index contributed by atoms with van der Waals surface area (Å²) in [5, 5.41) is 0.714. The predicted octanol–water partition coefficient (Wildman–Crippen LogP) is 4.51. The van der Waals surface area contributed by atoms with Crippen LogP contribution in [-0.4, -0.2) is 15.5 Å². The molecule has 1 unspecified atom stereocenters. The van der Waals surface area contributed by atoms with Crippen LogP contribution in [0.15, 0.2) is 67.3 Å². The van der Waals surface area contributed by atoms with Gasteiger partial charge in [-0.1, -0.05) is 48.0 Å². The lowest BCUT2D eigenvalue weighted by atomic mass is 10.0. The first-order chi connectivity index (χ1) is 11.6. The van der Waals surface area contributed by atoms with Crippen LogP contribution in [0.2, 0.25) is 5.02 Å². The van der Waals surface area contributed by atoms with E-state index in [1.165, 1.54) is 6.92 Å². The minimum absolute atomic E-state index is 0.304. The number of carbonyl (C=O) groups excluding carboxylic acids is 1. The van der Waals surface area contributed by atoms with Crippen molar-refractivity contribution in [1.82, 2.24) is 9.55 Å². The fourth-order valence-corrected chi connectivity index (χ4v) is 2.66. The lowest BCUT2D eigenvalue weighted by Crippen LogP contribution is -2.14. The number of imidazole rings is 1. The monoisotopic (exact) mass is 340 g/mol. The zero-order valence-electron chi connectivity index (χ0n) is 13.2. The predicted molar refractivity (Wildman–Crippen MR) is 93.6 cm³/mol. The van der Waals surface area contributed by atoms with Crippen LogP contribution in [0, 0.1) is 0 Å². The van der Waals surface area contributed by atoms with Crippen LogP contribution in [-0.2, 0) is 16.1 Å². The number of nitrogens with zero attached hydrogens (tertiary/aromatic N) is 2. The van der Waals surface area contributed by atoms with Crippen molar-refractivity contribution in [2.45, 2.75) is 19.6 Å². The minimum atomic E-state index is -0.351. The summed E-state index contributed by atoms with van der Waals surface area (Å²) >= 11 is 5.93. The van der Waals surface area contributed by atoms with Crippen LogP contribution < -0.4 is 0 Å². The Balaban J connectivity index is 1.82. The molecule has 4 nitrogen and oxygen atoms in total. The SMILES string of the molecule is CC(=O)OC(Cn1ccnc1)c1ccc(-c2ccc(Cl)cc2)cc1. The van der Waals surface area contributed by atoms with Crippen LogP contribution in [0.5, 0.6) is 0 Å². The second-order valence-corrected chi connectivity index (χ2v) is 5.92. The van der Waals surface area contributed by atoms with Crippen molar-refractivity contribution in [3.05, 3.63) is 77.8 Å². The molecule has 2 aromatic carbocycles. The Morgan fingerprint density at radius 1 is 1.12 bits per heavy atom. The molecular formula is C19H17ClN2O2. The summed E-state index contributed by atoms with van der Waals surface area (Å²) in [6.07, 6.45) is 4.90. The van der Waals surface area contributed by atoms with E-state index < -0.39 is 0 Å². The molecule has 1 heterocycles. The molecule has 0 aliphatic rings. The first-order valence-electron chi connectivity index (χ1n) is 7.60. The van der Waals surface area contributed by atoms with E-state index in [-0.39, 0.29) is 12.1 Å². The molecule has 3 rings (SSSR count). The number of esters is 1. The Labute approximate surface area is 145 Å². The molecule has 122 valence electrons. The van der Waals surface area contributed by atoms with Gasteiger partial charge in [-0.15, -0.1) is 0 Å². The molecule has 0 aliphatic carbocycles. The number of benzene rings is 2. The fourth-order valence-electron chi connectivity index (χ4n) is 2.53. The summed E-state index contributed by atoms with van der Waals surface area (Å²) < 4.78 is 7.36. The molecule has 0 N–H and O–H groups in total. The standard InChI is InChI=1S/C19H17ClN2O2/c1-14(23)24-19(12-22-11-10-21-13-22)17-4-2-15(3-5-17)16-6-8-18(20)9-7-16/h2-11,13,19H,12H2,1H3. The van der Waals surface area contributed by atoms with Crippen LogP contribution >= 0.6 is 11.6 Å². The van der Waals surface area contributed by atoms with Crippen LogP contribution in [0.25, 0.3) is 11.1 Å². The quantitative estimate of drug-likeness (QED) is 0.642. The highest BCUT2D eigenvalue weighted by Gasteiger charge is 2.15. The maximum Gasteiger partial charge on any atom is 0.303 e. The second kappa shape index (κ2) is 7.32. The van der Waals surface area contributed by atoms with Crippen molar-refractivity contribution in [2.75, 3.05) is 0 Å². The van der Waals surface area contributed by atoms with Gasteiger partial charge in [-0.2, -0.15) is 0 Å². The number of aromatic nitrogens is 2. The summed E-state index contributed by atoms with van der Waals surface area (Å²) in [6.45, 7) is 1.95. The molecule has 0 saturated heterocycles. The van der Waals surface area contributed by atoms with E-state index >= 15 is 0 Å². The maximum atomic E-state index is 11.4. The largest absolute Gasteiger partial charge is 0.456 e. The van der Waals surface area contributed by atoms with Crippen molar-refractivity contribution >= 4 is 17.6 Å². The highest BCUT2D eigenvalue weighted by atomic mass is 35.5. The average Bonchev–Trinajstić information content (AvgIpc) is 3.08. The van der Waals surface area contributed by atoms with Crippen molar-refractivity contribution < 1.29 is 9.53 Å². The van der Waals surface area contributed by atoms with E-state index in [1.807, 2.05) is 59.3 Å². The Kier molecular flexibility index (Phi) is 4.96. The molecule has 0 spiro atoms. The van der Waals surface area contributed by atoms with E-state index in [9.17, 15) is 4.79 Å². The van der Waals surface area contributed by atoms with Gasteiger partial charge in [0.1, 0.15) is 6.10 Å². The zero-order valence-corrected chi connectivity index (χ0v) is 14.0. The van der Waals surface area contributed by atoms with Gasteiger partial charge in [0.25, 0.3) is 0 Å². The smallest absolute Gasteiger partial charge is 0.303 e. The number of carbonyl (C=O) groups is 1. The molecule has 0 amide bonds. The van der Waals surface area contributed by atoms with Crippen molar-refractivity contribution in [3.63, 3.8) is 0 Å². The Bertz CT molecular complexity index is 796. The van der Waals surface area contributed by atoms with Gasteiger partial charge in [-0.25, -0.2) is 4.98 Å². The fraction of sp³-hybridized carbons (Fsp3) is 0.158. The van der Waals surface area contributed by atoms with Crippen molar-refractivity contribution in [1.29, 1.82) is 0 Å². The van der Waals surface area contributed by atoms with E-state index in [0.29, 0.717) is 11.6 Å². The first-order valence-corrected chi connectivity index (χ1v) is 7.98. The summed E-state index contributed by atoms with van der Waals surface area (Å²) in [5.41, 5.74) is 3.11. The minimum Gasteiger partial charge on any atom is -0.456 e. The van der Waals surface area contributed by atoms with Gasteiger partial charge in [-0.3, -0.25) is 4.79 Å². The molecule has 0 saturated carbocycles. The number of hydrogen-bond donors (Lipinski definition) is 0. The summed E-state index contributed by atoms with van der Waals surface area (Å²) in [7, 11) is 0. The molecule has 0 fully saturated rings. The normalized spacial score (nSPS) is 11.9. The molecule has 1 atom stereocenters. The third-order valence-electron chi connectivity index (χ3n) is 3.70. The van der Waals surface area contributed by atoms with Crippen LogP contribution in [0.4, 0.5) is 0 Å². The molecular weight excluding hydrogens is 324 g/mol. The molecule has 5 heteroatoms. The first kappa shape index (κ1) is 16.3. The van der Waals surface area contributed by atoms with Gasteiger partial charge in [0, 0.05) is 24.3 Å². The lowest BCUT2D eigenvalue weighted by molar-refractivity contribution is -0.147. The third-order valence-corrected chi connectivity index (χ3v) is 3.96. The summed E-state index contributed by atoms with van der Waals surface area (Å²) in [5.74, 6) is -0.304.